The molecule has 1 N–H and O–H groups in total. The monoisotopic (exact) mass is 377 g/mol. The molecule has 0 saturated carbocycles. The van der Waals surface area contributed by atoms with Gasteiger partial charge < -0.3 is 14.5 Å². The molecule has 1 heterocycles. The fourth-order valence-corrected chi connectivity index (χ4v) is 2.49. The Hall–Kier alpha value is -2.94. The minimum Gasteiger partial charge on any atom is -0.481 e. The molecule has 0 fully saturated rings. The standard InChI is InChI=1S/C17H13F2N3O3S/c18-11-5-7-12(8-6-11)20-15(23)10-26-17-22-21-16(25-17)9-24-14-4-2-1-3-13(14)19/h1-8H,9-10H2,(H,20,23). The third-order valence-corrected chi connectivity index (χ3v) is 3.91. The molecule has 6 nitrogen and oxygen atoms in total. The lowest BCUT2D eigenvalue weighted by Crippen LogP contribution is -2.13. The number of nitrogens with zero attached hydrogens (tertiary/aromatic N) is 2. The maximum atomic E-state index is 13.4. The topological polar surface area (TPSA) is 77.2 Å². The number of carbonyl (C=O) groups is 1. The summed E-state index contributed by atoms with van der Waals surface area (Å²) < 4.78 is 36.8. The molecule has 3 rings (SSSR count). The number of nitrogens with one attached hydrogen (secondary N) is 1. The summed E-state index contributed by atoms with van der Waals surface area (Å²) in [7, 11) is 0. The number of halogens is 2. The number of amides is 1. The molecule has 1 amide bonds. The second kappa shape index (κ2) is 8.43. The number of para-hydroxylation sites is 1. The van der Waals surface area contributed by atoms with Gasteiger partial charge in [0.1, 0.15) is 5.82 Å². The highest BCUT2D eigenvalue weighted by Gasteiger charge is 2.11. The summed E-state index contributed by atoms with van der Waals surface area (Å²) in [5, 5.41) is 10.4. The molecule has 26 heavy (non-hydrogen) atoms. The van der Waals surface area contributed by atoms with Crippen LogP contribution in [0.5, 0.6) is 5.75 Å². The highest BCUT2D eigenvalue weighted by molar-refractivity contribution is 7.99. The van der Waals surface area contributed by atoms with E-state index in [-0.39, 0.29) is 40.9 Å². The number of benzene rings is 2. The first-order valence-electron chi connectivity index (χ1n) is 7.48. The molecule has 0 unspecified atom stereocenters. The van der Waals surface area contributed by atoms with E-state index >= 15 is 0 Å². The molecule has 0 aliphatic carbocycles. The van der Waals surface area contributed by atoms with Gasteiger partial charge in [0.25, 0.3) is 11.1 Å². The molecule has 0 spiro atoms. The zero-order chi connectivity index (χ0) is 18.4. The average molecular weight is 377 g/mol. The van der Waals surface area contributed by atoms with Gasteiger partial charge in [-0.25, -0.2) is 8.78 Å². The zero-order valence-corrected chi connectivity index (χ0v) is 14.1. The van der Waals surface area contributed by atoms with Crippen molar-refractivity contribution in [2.75, 3.05) is 11.1 Å². The average Bonchev–Trinajstić information content (AvgIpc) is 3.09. The van der Waals surface area contributed by atoms with Gasteiger partial charge in [-0.05, 0) is 36.4 Å². The summed E-state index contributed by atoms with van der Waals surface area (Å²) in [4.78, 5) is 11.8. The predicted molar refractivity (Wildman–Crippen MR) is 90.8 cm³/mol. The van der Waals surface area contributed by atoms with Gasteiger partial charge in [0.05, 0.1) is 5.75 Å². The number of ether oxygens (including phenoxy) is 1. The maximum absolute atomic E-state index is 13.4. The number of hydrogen-bond donors (Lipinski definition) is 1. The van der Waals surface area contributed by atoms with Crippen molar-refractivity contribution in [2.24, 2.45) is 0 Å². The van der Waals surface area contributed by atoms with Crippen LogP contribution in [-0.4, -0.2) is 21.9 Å². The molecule has 134 valence electrons. The molecule has 0 aliphatic heterocycles. The van der Waals surface area contributed by atoms with Crippen LogP contribution in [0.2, 0.25) is 0 Å². The largest absolute Gasteiger partial charge is 0.481 e. The summed E-state index contributed by atoms with van der Waals surface area (Å²) in [5.74, 6) is -0.891. The Kier molecular flexibility index (Phi) is 5.80. The Balaban J connectivity index is 1.46. The number of hydrogen-bond acceptors (Lipinski definition) is 6. The van der Waals surface area contributed by atoms with E-state index in [0.717, 1.165) is 11.8 Å². The van der Waals surface area contributed by atoms with E-state index in [9.17, 15) is 13.6 Å². The van der Waals surface area contributed by atoms with E-state index < -0.39 is 5.82 Å². The minimum atomic E-state index is -0.487. The van der Waals surface area contributed by atoms with Gasteiger partial charge in [-0.1, -0.05) is 23.9 Å². The van der Waals surface area contributed by atoms with Crippen LogP contribution in [0.4, 0.5) is 14.5 Å². The number of carbonyl (C=O) groups excluding carboxylic acids is 1. The van der Waals surface area contributed by atoms with E-state index in [2.05, 4.69) is 15.5 Å². The molecule has 9 heteroatoms. The van der Waals surface area contributed by atoms with Gasteiger partial charge in [-0.15, -0.1) is 10.2 Å². The van der Waals surface area contributed by atoms with Crippen LogP contribution >= 0.6 is 11.8 Å². The minimum absolute atomic E-state index is 0.0349. The number of rotatable bonds is 7. The lowest BCUT2D eigenvalue weighted by Gasteiger charge is -2.04. The van der Waals surface area contributed by atoms with E-state index in [1.54, 1.807) is 12.1 Å². The van der Waals surface area contributed by atoms with Gasteiger partial charge in [0, 0.05) is 5.69 Å². The van der Waals surface area contributed by atoms with Crippen LogP contribution in [0.25, 0.3) is 0 Å². The van der Waals surface area contributed by atoms with Crippen LogP contribution in [0, 0.1) is 11.6 Å². The lowest BCUT2D eigenvalue weighted by atomic mass is 10.3. The fraction of sp³-hybridized carbons (Fsp3) is 0.118. The smallest absolute Gasteiger partial charge is 0.277 e. The Morgan fingerprint density at radius 2 is 1.88 bits per heavy atom. The normalized spacial score (nSPS) is 10.5. The molecule has 0 bridgehead atoms. The maximum Gasteiger partial charge on any atom is 0.277 e. The van der Waals surface area contributed by atoms with E-state index in [0.29, 0.717) is 5.69 Å². The van der Waals surface area contributed by atoms with Crippen molar-refractivity contribution in [3.8, 4) is 5.75 Å². The third kappa shape index (κ3) is 5.03. The molecule has 0 aliphatic rings. The first kappa shape index (κ1) is 17.9. The molecule has 0 radical (unpaired) electrons. The molecular formula is C17H13F2N3O3S. The molecule has 1 aromatic heterocycles. The molecular weight excluding hydrogens is 364 g/mol. The Morgan fingerprint density at radius 1 is 1.12 bits per heavy atom. The molecule has 3 aromatic rings. The number of aromatic nitrogens is 2. The highest BCUT2D eigenvalue weighted by Crippen LogP contribution is 2.20. The van der Waals surface area contributed by atoms with Crippen molar-refractivity contribution in [1.82, 2.24) is 10.2 Å². The van der Waals surface area contributed by atoms with Crippen LogP contribution in [0.15, 0.2) is 58.2 Å². The lowest BCUT2D eigenvalue weighted by molar-refractivity contribution is -0.113. The second-order valence-electron chi connectivity index (χ2n) is 5.02. The first-order valence-corrected chi connectivity index (χ1v) is 8.46. The van der Waals surface area contributed by atoms with Gasteiger partial charge in [0.15, 0.2) is 18.2 Å². The van der Waals surface area contributed by atoms with Gasteiger partial charge >= 0.3 is 0 Å². The van der Waals surface area contributed by atoms with Crippen LogP contribution in [0.1, 0.15) is 5.89 Å². The highest BCUT2D eigenvalue weighted by atomic mass is 32.2. The van der Waals surface area contributed by atoms with Gasteiger partial charge in [-0.2, -0.15) is 0 Å². The second-order valence-corrected chi connectivity index (χ2v) is 5.95. The number of anilines is 1. The van der Waals surface area contributed by atoms with Crippen molar-refractivity contribution in [3.63, 3.8) is 0 Å². The predicted octanol–water partition coefficient (Wildman–Crippen LogP) is 3.66. The summed E-state index contributed by atoms with van der Waals surface area (Å²) in [5.41, 5.74) is 0.488. The van der Waals surface area contributed by atoms with Gasteiger partial charge in [-0.3, -0.25) is 4.79 Å². The van der Waals surface area contributed by atoms with Crippen molar-refractivity contribution in [3.05, 3.63) is 66.1 Å². The molecule has 0 saturated heterocycles. The Bertz CT molecular complexity index is 887. The molecule has 2 aromatic carbocycles. The van der Waals surface area contributed by atoms with Crippen molar-refractivity contribution < 1.29 is 22.7 Å². The summed E-state index contributed by atoms with van der Waals surface area (Å²) in [6.07, 6.45) is 0. The van der Waals surface area contributed by atoms with E-state index in [4.69, 9.17) is 9.15 Å². The van der Waals surface area contributed by atoms with Crippen molar-refractivity contribution in [2.45, 2.75) is 11.8 Å². The summed E-state index contributed by atoms with van der Waals surface area (Å²) in [6.45, 7) is -0.0870. The van der Waals surface area contributed by atoms with Crippen molar-refractivity contribution in [1.29, 1.82) is 0 Å². The zero-order valence-electron chi connectivity index (χ0n) is 13.3. The van der Waals surface area contributed by atoms with Crippen molar-refractivity contribution >= 4 is 23.4 Å². The summed E-state index contributed by atoms with van der Waals surface area (Å²) in [6, 6.07) is 11.4. The van der Waals surface area contributed by atoms with Crippen LogP contribution < -0.4 is 10.1 Å². The number of thioether (sulfide) groups is 1. The van der Waals surface area contributed by atoms with Crippen LogP contribution in [-0.2, 0) is 11.4 Å². The quantitative estimate of drug-likeness (QED) is 0.633. The van der Waals surface area contributed by atoms with Crippen LogP contribution in [0.3, 0.4) is 0 Å². The van der Waals surface area contributed by atoms with E-state index in [1.807, 2.05) is 0 Å². The first-order chi connectivity index (χ1) is 12.6. The third-order valence-electron chi connectivity index (χ3n) is 3.09. The Morgan fingerprint density at radius 3 is 2.65 bits per heavy atom. The SMILES string of the molecule is O=C(CSc1nnc(COc2ccccc2F)o1)Nc1ccc(F)cc1. The Labute approximate surface area is 151 Å². The van der Waals surface area contributed by atoms with E-state index in [1.165, 1.54) is 36.4 Å². The molecule has 0 atom stereocenters. The fourth-order valence-electron chi connectivity index (χ4n) is 1.91. The summed E-state index contributed by atoms with van der Waals surface area (Å²) >= 11 is 1.04. The van der Waals surface area contributed by atoms with Gasteiger partial charge in [0.2, 0.25) is 5.91 Å².